The third-order valence-corrected chi connectivity index (χ3v) is 3.66. The maximum atomic E-state index is 12.2. The van der Waals surface area contributed by atoms with Crippen molar-refractivity contribution in [2.24, 2.45) is 0 Å². The molecule has 0 aliphatic carbocycles. The summed E-state index contributed by atoms with van der Waals surface area (Å²) in [4.78, 5) is 12.2. The first-order valence-electron chi connectivity index (χ1n) is 6.02. The zero-order valence-corrected chi connectivity index (χ0v) is 12.3. The van der Waals surface area contributed by atoms with Gasteiger partial charge in [0.2, 0.25) is 0 Å². The van der Waals surface area contributed by atoms with E-state index in [2.05, 4.69) is 31.4 Å². The van der Waals surface area contributed by atoms with E-state index >= 15 is 0 Å². The number of fused-ring (bicyclic) bond motifs is 1. The molecule has 0 saturated carbocycles. The first kappa shape index (κ1) is 12.8. The number of pyridine rings is 1. The molecule has 0 spiro atoms. The summed E-state index contributed by atoms with van der Waals surface area (Å²) in [6, 6.07) is 10.9. The van der Waals surface area contributed by atoms with Crippen LogP contribution in [-0.4, -0.2) is 20.5 Å². The molecule has 20 heavy (non-hydrogen) atoms. The number of rotatable bonds is 2. The molecule has 1 amide bonds. The molecule has 0 bridgehead atoms. The highest BCUT2D eigenvalue weighted by Gasteiger charge is 2.10. The Kier molecular flexibility index (Phi) is 3.23. The van der Waals surface area contributed by atoms with E-state index in [0.29, 0.717) is 11.2 Å². The monoisotopic (exact) mass is 330 g/mol. The van der Waals surface area contributed by atoms with E-state index in [0.717, 1.165) is 16.0 Å². The van der Waals surface area contributed by atoms with Gasteiger partial charge in [-0.1, -0.05) is 12.1 Å². The molecule has 0 saturated heterocycles. The van der Waals surface area contributed by atoms with Gasteiger partial charge in [-0.2, -0.15) is 0 Å². The molecule has 0 fully saturated rings. The van der Waals surface area contributed by atoms with Gasteiger partial charge in [-0.05, 0) is 47.1 Å². The summed E-state index contributed by atoms with van der Waals surface area (Å²) >= 11 is 3.40. The van der Waals surface area contributed by atoms with E-state index in [-0.39, 0.29) is 5.91 Å². The van der Waals surface area contributed by atoms with Crippen molar-refractivity contribution in [1.82, 2.24) is 14.6 Å². The first-order chi connectivity index (χ1) is 9.65. The maximum absolute atomic E-state index is 12.2. The van der Waals surface area contributed by atoms with Crippen LogP contribution in [0.3, 0.4) is 0 Å². The topological polar surface area (TPSA) is 59.3 Å². The Morgan fingerprint density at radius 1 is 1.25 bits per heavy atom. The van der Waals surface area contributed by atoms with Crippen molar-refractivity contribution in [3.05, 3.63) is 58.5 Å². The van der Waals surface area contributed by atoms with E-state index < -0.39 is 0 Å². The fourth-order valence-electron chi connectivity index (χ4n) is 1.91. The van der Waals surface area contributed by atoms with E-state index in [1.807, 2.05) is 35.6 Å². The lowest BCUT2D eigenvalue weighted by molar-refractivity contribution is 0.102. The molecule has 0 radical (unpaired) electrons. The van der Waals surface area contributed by atoms with Crippen molar-refractivity contribution in [2.45, 2.75) is 6.92 Å². The first-order valence-corrected chi connectivity index (χ1v) is 6.82. The van der Waals surface area contributed by atoms with Gasteiger partial charge < -0.3 is 5.32 Å². The molecule has 6 heteroatoms. The molecule has 0 aliphatic heterocycles. The number of carbonyl (C=O) groups is 1. The second-order valence-electron chi connectivity index (χ2n) is 4.32. The SMILES string of the molecule is Cc1nnc2cc(C(=O)Nc3ccccc3Br)ccn12. The second-order valence-corrected chi connectivity index (χ2v) is 5.18. The van der Waals surface area contributed by atoms with Crippen molar-refractivity contribution in [2.75, 3.05) is 5.32 Å². The summed E-state index contributed by atoms with van der Waals surface area (Å²) in [6.07, 6.45) is 1.79. The minimum atomic E-state index is -0.181. The van der Waals surface area contributed by atoms with Crippen molar-refractivity contribution in [3.63, 3.8) is 0 Å². The molecule has 3 aromatic rings. The van der Waals surface area contributed by atoms with Crippen LogP contribution >= 0.6 is 15.9 Å². The summed E-state index contributed by atoms with van der Waals surface area (Å²) in [5, 5.41) is 10.8. The molecule has 1 N–H and O–H groups in total. The maximum Gasteiger partial charge on any atom is 0.255 e. The molecule has 2 aromatic heterocycles. The van der Waals surface area contributed by atoms with Crippen LogP contribution in [0.1, 0.15) is 16.2 Å². The minimum Gasteiger partial charge on any atom is -0.321 e. The van der Waals surface area contributed by atoms with Gasteiger partial charge in [-0.25, -0.2) is 0 Å². The molecule has 0 unspecified atom stereocenters. The molecular formula is C14H11BrN4O. The molecule has 3 rings (SSSR count). The van der Waals surface area contributed by atoms with Crippen molar-refractivity contribution in [1.29, 1.82) is 0 Å². The summed E-state index contributed by atoms with van der Waals surface area (Å²) in [7, 11) is 0. The van der Waals surface area contributed by atoms with Crippen molar-refractivity contribution in [3.8, 4) is 0 Å². The number of hydrogen-bond acceptors (Lipinski definition) is 3. The Morgan fingerprint density at radius 3 is 2.85 bits per heavy atom. The summed E-state index contributed by atoms with van der Waals surface area (Å²) in [6.45, 7) is 1.86. The van der Waals surface area contributed by atoms with Crippen LogP contribution in [0.25, 0.3) is 5.65 Å². The number of benzene rings is 1. The number of carbonyl (C=O) groups excluding carboxylic acids is 1. The Morgan fingerprint density at radius 2 is 2.05 bits per heavy atom. The van der Waals surface area contributed by atoms with E-state index in [1.54, 1.807) is 18.3 Å². The molecule has 0 atom stereocenters. The fraction of sp³-hybridized carbons (Fsp3) is 0.0714. The average Bonchev–Trinajstić information content (AvgIpc) is 2.82. The van der Waals surface area contributed by atoms with Gasteiger partial charge in [0.25, 0.3) is 5.91 Å². The summed E-state index contributed by atoms with van der Waals surface area (Å²) in [5.41, 5.74) is 1.93. The Balaban J connectivity index is 1.91. The van der Waals surface area contributed by atoms with Gasteiger partial charge in [0.05, 0.1) is 5.69 Å². The van der Waals surface area contributed by atoms with Crippen LogP contribution in [0.4, 0.5) is 5.69 Å². The van der Waals surface area contributed by atoms with E-state index in [1.165, 1.54) is 0 Å². The number of nitrogens with zero attached hydrogens (tertiary/aromatic N) is 3. The molecule has 2 heterocycles. The smallest absolute Gasteiger partial charge is 0.255 e. The van der Waals surface area contributed by atoms with Crippen LogP contribution in [0.5, 0.6) is 0 Å². The summed E-state index contributed by atoms with van der Waals surface area (Å²) in [5.74, 6) is 0.609. The number of hydrogen-bond donors (Lipinski definition) is 1. The quantitative estimate of drug-likeness (QED) is 0.785. The highest BCUT2D eigenvalue weighted by Crippen LogP contribution is 2.22. The normalized spacial score (nSPS) is 10.7. The molecule has 0 aliphatic rings. The number of aromatic nitrogens is 3. The van der Waals surface area contributed by atoms with Crippen molar-refractivity contribution >= 4 is 33.2 Å². The number of para-hydroxylation sites is 1. The Hall–Kier alpha value is -2.21. The lowest BCUT2D eigenvalue weighted by Gasteiger charge is -2.07. The van der Waals surface area contributed by atoms with Crippen LogP contribution in [-0.2, 0) is 0 Å². The number of aryl methyl sites for hydroxylation is 1. The molecule has 1 aromatic carbocycles. The van der Waals surface area contributed by atoms with Crippen LogP contribution < -0.4 is 5.32 Å². The van der Waals surface area contributed by atoms with Gasteiger partial charge in [0.15, 0.2) is 5.65 Å². The molecule has 5 nitrogen and oxygen atoms in total. The highest BCUT2D eigenvalue weighted by molar-refractivity contribution is 9.10. The predicted molar refractivity (Wildman–Crippen MR) is 79.8 cm³/mol. The van der Waals surface area contributed by atoms with Crippen molar-refractivity contribution < 1.29 is 4.79 Å². The summed E-state index contributed by atoms with van der Waals surface area (Å²) < 4.78 is 2.67. The zero-order chi connectivity index (χ0) is 14.1. The van der Waals surface area contributed by atoms with Crippen LogP contribution in [0, 0.1) is 6.92 Å². The Bertz CT molecular complexity index is 797. The van der Waals surface area contributed by atoms with Gasteiger partial charge in [0, 0.05) is 16.2 Å². The number of nitrogens with one attached hydrogen (secondary N) is 1. The number of halogens is 1. The third kappa shape index (κ3) is 2.30. The van der Waals surface area contributed by atoms with E-state index in [9.17, 15) is 4.79 Å². The number of amides is 1. The Labute approximate surface area is 123 Å². The molecule has 100 valence electrons. The van der Waals surface area contributed by atoms with Gasteiger partial charge in [-0.3, -0.25) is 9.20 Å². The lowest BCUT2D eigenvalue weighted by Crippen LogP contribution is -2.12. The third-order valence-electron chi connectivity index (χ3n) is 2.96. The standard InChI is InChI=1S/C14H11BrN4O/c1-9-17-18-13-8-10(6-7-19(9)13)14(20)16-12-5-3-2-4-11(12)15/h2-8H,1H3,(H,16,20). The van der Waals surface area contributed by atoms with Gasteiger partial charge >= 0.3 is 0 Å². The van der Waals surface area contributed by atoms with Gasteiger partial charge in [-0.15, -0.1) is 10.2 Å². The predicted octanol–water partition coefficient (Wildman–Crippen LogP) is 3.05. The second kappa shape index (κ2) is 5.05. The minimum absolute atomic E-state index is 0.181. The van der Waals surface area contributed by atoms with Crippen LogP contribution in [0.2, 0.25) is 0 Å². The lowest BCUT2D eigenvalue weighted by atomic mass is 10.2. The van der Waals surface area contributed by atoms with Gasteiger partial charge in [0.1, 0.15) is 5.82 Å². The zero-order valence-electron chi connectivity index (χ0n) is 10.7. The number of anilines is 1. The molecular weight excluding hydrogens is 320 g/mol. The largest absolute Gasteiger partial charge is 0.321 e. The van der Waals surface area contributed by atoms with E-state index in [4.69, 9.17) is 0 Å². The highest BCUT2D eigenvalue weighted by atomic mass is 79.9. The van der Waals surface area contributed by atoms with Crippen LogP contribution in [0.15, 0.2) is 47.1 Å². The average molecular weight is 331 g/mol. The fourth-order valence-corrected chi connectivity index (χ4v) is 2.29.